The number of hydrogen-bond donors (Lipinski definition) is 2. The van der Waals surface area contributed by atoms with Gasteiger partial charge in [-0.3, -0.25) is 4.79 Å². The van der Waals surface area contributed by atoms with Crippen molar-refractivity contribution >= 4 is 5.91 Å². The van der Waals surface area contributed by atoms with Crippen LogP contribution in [0.3, 0.4) is 0 Å². The second-order valence-electron chi connectivity index (χ2n) is 4.50. The zero-order valence-corrected chi connectivity index (χ0v) is 10.8. The van der Waals surface area contributed by atoms with E-state index < -0.39 is 0 Å². The van der Waals surface area contributed by atoms with Crippen LogP contribution in [0.25, 0.3) is 0 Å². The number of nitrogens with two attached hydrogens (primary N) is 1. The largest absolute Gasteiger partial charge is 0.356 e. The summed E-state index contributed by atoms with van der Waals surface area (Å²) in [5.74, 6) is -0.251. The van der Waals surface area contributed by atoms with Crippen LogP contribution in [0, 0.1) is 11.7 Å². The third kappa shape index (κ3) is 5.27. The first-order valence-electron chi connectivity index (χ1n) is 6.35. The van der Waals surface area contributed by atoms with E-state index in [2.05, 4.69) is 5.32 Å². The van der Waals surface area contributed by atoms with E-state index in [0.29, 0.717) is 19.5 Å². The maximum absolute atomic E-state index is 13.0. The molecule has 0 aromatic heterocycles. The Kier molecular flexibility index (Phi) is 6.36. The molecule has 0 heterocycles. The number of carbonyl (C=O) groups excluding carboxylic acids is 1. The molecule has 18 heavy (non-hydrogen) atoms. The van der Waals surface area contributed by atoms with Crippen LogP contribution in [0.15, 0.2) is 24.3 Å². The van der Waals surface area contributed by atoms with Crippen molar-refractivity contribution in [3.05, 3.63) is 35.6 Å². The molecule has 0 radical (unpaired) electrons. The molecule has 1 amide bonds. The first-order valence-corrected chi connectivity index (χ1v) is 6.35. The molecule has 1 atom stereocenters. The van der Waals surface area contributed by atoms with Gasteiger partial charge in [0.15, 0.2) is 0 Å². The molecule has 1 rings (SSSR count). The molecule has 3 nitrogen and oxygen atoms in total. The van der Waals surface area contributed by atoms with Gasteiger partial charge in [-0.1, -0.05) is 19.1 Å². The Morgan fingerprint density at radius 3 is 2.94 bits per heavy atom. The van der Waals surface area contributed by atoms with Crippen LogP contribution in [-0.4, -0.2) is 19.0 Å². The van der Waals surface area contributed by atoms with Gasteiger partial charge in [0.1, 0.15) is 5.82 Å². The van der Waals surface area contributed by atoms with Crippen LogP contribution in [-0.2, 0) is 11.2 Å². The Hall–Kier alpha value is -1.42. The normalized spacial score (nSPS) is 12.2. The molecule has 0 bridgehead atoms. The molecule has 1 aromatic carbocycles. The van der Waals surface area contributed by atoms with Gasteiger partial charge in [0.2, 0.25) is 5.91 Å². The Morgan fingerprint density at radius 2 is 2.28 bits per heavy atom. The van der Waals surface area contributed by atoms with E-state index in [-0.39, 0.29) is 17.6 Å². The van der Waals surface area contributed by atoms with Gasteiger partial charge in [0, 0.05) is 12.5 Å². The zero-order chi connectivity index (χ0) is 13.4. The van der Waals surface area contributed by atoms with Gasteiger partial charge in [0.05, 0.1) is 0 Å². The molecule has 1 aromatic rings. The second kappa shape index (κ2) is 7.82. The molecule has 3 N–H and O–H groups in total. The van der Waals surface area contributed by atoms with E-state index in [0.717, 1.165) is 18.4 Å². The fourth-order valence-electron chi connectivity index (χ4n) is 1.69. The van der Waals surface area contributed by atoms with Crippen molar-refractivity contribution < 1.29 is 9.18 Å². The van der Waals surface area contributed by atoms with Crippen molar-refractivity contribution in [2.75, 3.05) is 13.1 Å². The summed E-state index contributed by atoms with van der Waals surface area (Å²) >= 11 is 0. The molecular formula is C14H21FN2O. The van der Waals surface area contributed by atoms with E-state index in [9.17, 15) is 9.18 Å². The van der Waals surface area contributed by atoms with Gasteiger partial charge in [-0.05, 0) is 43.5 Å². The van der Waals surface area contributed by atoms with E-state index >= 15 is 0 Å². The van der Waals surface area contributed by atoms with Gasteiger partial charge in [0.25, 0.3) is 0 Å². The first kappa shape index (κ1) is 14.6. The predicted octanol–water partition coefficient (Wildman–Crippen LogP) is 1.86. The Balaban J connectivity index is 2.32. The fourth-order valence-corrected chi connectivity index (χ4v) is 1.69. The van der Waals surface area contributed by atoms with Crippen LogP contribution in [0.4, 0.5) is 4.39 Å². The molecule has 0 fully saturated rings. The quantitative estimate of drug-likeness (QED) is 0.728. The van der Waals surface area contributed by atoms with Crippen LogP contribution >= 0.6 is 0 Å². The average molecular weight is 252 g/mol. The molecule has 4 heteroatoms. The molecule has 0 aliphatic rings. The second-order valence-corrected chi connectivity index (χ2v) is 4.50. The van der Waals surface area contributed by atoms with Crippen molar-refractivity contribution in [3.8, 4) is 0 Å². The van der Waals surface area contributed by atoms with Crippen LogP contribution < -0.4 is 11.1 Å². The zero-order valence-electron chi connectivity index (χ0n) is 10.8. The van der Waals surface area contributed by atoms with E-state index in [1.54, 1.807) is 6.07 Å². The van der Waals surface area contributed by atoms with Crippen molar-refractivity contribution in [2.24, 2.45) is 11.7 Å². The number of hydrogen-bond acceptors (Lipinski definition) is 2. The number of rotatable bonds is 7. The standard InChI is InChI=1S/C14H21FN2O/c1-11(14(18)17-9-3-8-16)6-7-12-4-2-5-13(15)10-12/h2,4-5,10-11H,3,6-9,16H2,1H3,(H,17,18). The van der Waals surface area contributed by atoms with Gasteiger partial charge < -0.3 is 11.1 Å². The number of carbonyl (C=O) groups is 1. The van der Waals surface area contributed by atoms with E-state index in [1.807, 2.05) is 13.0 Å². The molecular weight excluding hydrogens is 231 g/mol. The summed E-state index contributed by atoms with van der Waals surface area (Å²) in [4.78, 5) is 11.7. The minimum Gasteiger partial charge on any atom is -0.356 e. The van der Waals surface area contributed by atoms with Crippen LogP contribution in [0.5, 0.6) is 0 Å². The predicted molar refractivity (Wildman–Crippen MR) is 70.6 cm³/mol. The van der Waals surface area contributed by atoms with Gasteiger partial charge >= 0.3 is 0 Å². The Labute approximate surface area is 108 Å². The molecule has 100 valence electrons. The fraction of sp³-hybridized carbons (Fsp3) is 0.500. The first-order chi connectivity index (χ1) is 8.63. The van der Waals surface area contributed by atoms with Crippen molar-refractivity contribution in [3.63, 3.8) is 0 Å². The Bertz CT molecular complexity index is 382. The lowest BCUT2D eigenvalue weighted by atomic mass is 10.0. The minimum absolute atomic E-state index is 0.0415. The highest BCUT2D eigenvalue weighted by Crippen LogP contribution is 2.11. The van der Waals surface area contributed by atoms with E-state index in [4.69, 9.17) is 5.73 Å². The maximum atomic E-state index is 13.0. The number of nitrogens with one attached hydrogen (secondary N) is 1. The van der Waals surface area contributed by atoms with Gasteiger partial charge in [-0.25, -0.2) is 4.39 Å². The molecule has 1 unspecified atom stereocenters. The number of amides is 1. The molecule has 0 spiro atoms. The topological polar surface area (TPSA) is 55.1 Å². The molecule has 0 aliphatic carbocycles. The van der Waals surface area contributed by atoms with Crippen molar-refractivity contribution in [1.29, 1.82) is 0 Å². The third-order valence-corrected chi connectivity index (χ3v) is 2.88. The summed E-state index contributed by atoms with van der Waals surface area (Å²) in [6.07, 6.45) is 2.23. The number of halogens is 1. The number of benzene rings is 1. The smallest absolute Gasteiger partial charge is 0.222 e. The highest BCUT2D eigenvalue weighted by atomic mass is 19.1. The summed E-state index contributed by atoms with van der Waals surface area (Å²) < 4.78 is 13.0. The van der Waals surface area contributed by atoms with E-state index in [1.165, 1.54) is 12.1 Å². The Morgan fingerprint density at radius 1 is 1.50 bits per heavy atom. The summed E-state index contributed by atoms with van der Waals surface area (Å²) in [7, 11) is 0. The third-order valence-electron chi connectivity index (χ3n) is 2.88. The molecule has 0 saturated carbocycles. The summed E-state index contributed by atoms with van der Waals surface area (Å²) in [5, 5.41) is 2.84. The highest BCUT2D eigenvalue weighted by Gasteiger charge is 2.12. The maximum Gasteiger partial charge on any atom is 0.222 e. The summed E-state index contributed by atoms with van der Waals surface area (Å²) in [6.45, 7) is 3.09. The van der Waals surface area contributed by atoms with Crippen LogP contribution in [0.2, 0.25) is 0 Å². The van der Waals surface area contributed by atoms with Crippen LogP contribution in [0.1, 0.15) is 25.3 Å². The summed E-state index contributed by atoms with van der Waals surface area (Å²) in [5.41, 5.74) is 6.28. The lowest BCUT2D eigenvalue weighted by Crippen LogP contribution is -2.31. The average Bonchev–Trinajstić information content (AvgIpc) is 2.36. The monoisotopic (exact) mass is 252 g/mol. The number of aryl methyl sites for hydroxylation is 1. The molecule has 0 aliphatic heterocycles. The minimum atomic E-state index is -0.229. The van der Waals surface area contributed by atoms with Gasteiger partial charge in [-0.15, -0.1) is 0 Å². The lowest BCUT2D eigenvalue weighted by Gasteiger charge is -2.11. The highest BCUT2D eigenvalue weighted by molar-refractivity contribution is 5.78. The molecule has 0 saturated heterocycles. The van der Waals surface area contributed by atoms with Crippen molar-refractivity contribution in [2.45, 2.75) is 26.2 Å². The van der Waals surface area contributed by atoms with Crippen molar-refractivity contribution in [1.82, 2.24) is 5.32 Å². The lowest BCUT2D eigenvalue weighted by molar-refractivity contribution is -0.124. The van der Waals surface area contributed by atoms with Gasteiger partial charge in [-0.2, -0.15) is 0 Å². The SMILES string of the molecule is CC(CCc1cccc(F)c1)C(=O)NCCCN. The summed E-state index contributed by atoms with van der Waals surface area (Å²) in [6, 6.07) is 6.50.